The summed E-state index contributed by atoms with van der Waals surface area (Å²) in [4.78, 5) is 22.3. The van der Waals surface area contributed by atoms with E-state index in [2.05, 4.69) is 5.32 Å². The average Bonchev–Trinajstić information content (AvgIpc) is 2.84. The van der Waals surface area contributed by atoms with Crippen LogP contribution in [-0.4, -0.2) is 37.2 Å². The van der Waals surface area contributed by atoms with Gasteiger partial charge in [0.25, 0.3) is 5.69 Å². The normalized spacial score (nSPS) is 21.5. The fourth-order valence-electron chi connectivity index (χ4n) is 1.97. The van der Waals surface area contributed by atoms with Crippen molar-refractivity contribution in [2.75, 3.05) is 25.6 Å². The first-order chi connectivity index (χ1) is 9.52. The molecule has 0 saturated carbocycles. The molecule has 0 aromatic heterocycles. The number of carbonyl (C=O) groups excluding carboxylic acids is 1. The van der Waals surface area contributed by atoms with Gasteiger partial charge < -0.3 is 20.5 Å². The third-order valence-electron chi connectivity index (χ3n) is 3.11. The van der Waals surface area contributed by atoms with E-state index in [4.69, 9.17) is 15.2 Å². The summed E-state index contributed by atoms with van der Waals surface area (Å²) in [6.45, 7) is 0.564. The lowest BCUT2D eigenvalue weighted by Crippen LogP contribution is -2.37. The Kier molecular flexibility index (Phi) is 4.16. The van der Waals surface area contributed by atoms with E-state index in [1.54, 1.807) is 0 Å². The maximum Gasteiger partial charge on any atom is 0.271 e. The minimum absolute atomic E-state index is 0.131. The SMILES string of the molecule is COc1ccc([N+](=O)[O-])cc1NC(=O)C1COCC1N. The Morgan fingerprint density at radius 1 is 1.55 bits per heavy atom. The van der Waals surface area contributed by atoms with Crippen LogP contribution in [-0.2, 0) is 9.53 Å². The maximum absolute atomic E-state index is 12.1. The highest BCUT2D eigenvalue weighted by Crippen LogP contribution is 2.29. The van der Waals surface area contributed by atoms with Gasteiger partial charge in [0, 0.05) is 18.2 Å². The molecule has 8 heteroatoms. The molecule has 2 atom stereocenters. The molecule has 2 rings (SSSR count). The molecule has 8 nitrogen and oxygen atoms in total. The first-order valence-electron chi connectivity index (χ1n) is 5.99. The predicted molar refractivity (Wildman–Crippen MR) is 70.6 cm³/mol. The number of carbonyl (C=O) groups is 1. The molecule has 1 aliphatic rings. The van der Waals surface area contributed by atoms with Gasteiger partial charge in [0.15, 0.2) is 0 Å². The molecule has 1 amide bonds. The number of nitrogens with zero attached hydrogens (tertiary/aromatic N) is 1. The van der Waals surface area contributed by atoms with Gasteiger partial charge in [0.2, 0.25) is 5.91 Å². The number of methoxy groups -OCH3 is 1. The molecule has 0 radical (unpaired) electrons. The molecule has 1 aromatic rings. The van der Waals surface area contributed by atoms with Crippen molar-refractivity contribution in [3.63, 3.8) is 0 Å². The van der Waals surface area contributed by atoms with Crippen LogP contribution in [0, 0.1) is 16.0 Å². The van der Waals surface area contributed by atoms with Gasteiger partial charge in [-0.1, -0.05) is 0 Å². The van der Waals surface area contributed by atoms with Crippen LogP contribution in [0.15, 0.2) is 18.2 Å². The molecular formula is C12H15N3O5. The first kappa shape index (κ1) is 14.2. The molecule has 0 bridgehead atoms. The van der Waals surface area contributed by atoms with Crippen LogP contribution in [0.2, 0.25) is 0 Å². The molecule has 0 aliphatic carbocycles. The summed E-state index contributed by atoms with van der Waals surface area (Å²) in [6.07, 6.45) is 0. The van der Waals surface area contributed by atoms with E-state index in [1.165, 1.54) is 25.3 Å². The second-order valence-corrected chi connectivity index (χ2v) is 4.44. The second kappa shape index (κ2) is 5.85. The van der Waals surface area contributed by atoms with E-state index in [1.807, 2.05) is 0 Å². The van der Waals surface area contributed by atoms with Gasteiger partial charge in [-0.15, -0.1) is 0 Å². The lowest BCUT2D eigenvalue weighted by molar-refractivity contribution is -0.384. The molecular weight excluding hydrogens is 266 g/mol. The summed E-state index contributed by atoms with van der Waals surface area (Å²) >= 11 is 0. The number of nitrogens with one attached hydrogen (secondary N) is 1. The minimum atomic E-state index is -0.542. The Morgan fingerprint density at radius 2 is 2.30 bits per heavy atom. The molecule has 1 aromatic carbocycles. The Balaban J connectivity index is 2.20. The number of anilines is 1. The highest BCUT2D eigenvalue weighted by molar-refractivity contribution is 5.95. The molecule has 1 aliphatic heterocycles. The summed E-state index contributed by atoms with van der Waals surface area (Å²) in [6, 6.07) is 3.61. The van der Waals surface area contributed by atoms with Crippen molar-refractivity contribution >= 4 is 17.3 Å². The standard InChI is InChI=1S/C12H15N3O5/c1-19-11-3-2-7(15(17)18)4-10(11)14-12(16)8-5-20-6-9(8)13/h2-4,8-9H,5-6,13H2,1H3,(H,14,16). The van der Waals surface area contributed by atoms with E-state index < -0.39 is 10.8 Å². The largest absolute Gasteiger partial charge is 0.495 e. The lowest BCUT2D eigenvalue weighted by Gasteiger charge is -2.15. The minimum Gasteiger partial charge on any atom is -0.495 e. The zero-order valence-electron chi connectivity index (χ0n) is 10.9. The number of ether oxygens (including phenoxy) is 2. The van der Waals surface area contributed by atoms with Crippen molar-refractivity contribution in [2.45, 2.75) is 6.04 Å². The molecule has 3 N–H and O–H groups in total. The number of rotatable bonds is 4. The van der Waals surface area contributed by atoms with Crippen LogP contribution in [0.1, 0.15) is 0 Å². The van der Waals surface area contributed by atoms with E-state index >= 15 is 0 Å². The van der Waals surface area contributed by atoms with E-state index in [9.17, 15) is 14.9 Å². The number of nitro benzene ring substituents is 1. The monoisotopic (exact) mass is 281 g/mol. The van der Waals surface area contributed by atoms with Gasteiger partial charge in [0.1, 0.15) is 5.75 Å². The predicted octanol–water partition coefficient (Wildman–Crippen LogP) is 0.516. The molecule has 1 saturated heterocycles. The smallest absolute Gasteiger partial charge is 0.271 e. The summed E-state index contributed by atoms with van der Waals surface area (Å²) in [7, 11) is 1.42. The third-order valence-corrected chi connectivity index (χ3v) is 3.11. The number of nitrogens with two attached hydrogens (primary N) is 1. The van der Waals surface area contributed by atoms with E-state index in [-0.39, 0.29) is 29.9 Å². The zero-order chi connectivity index (χ0) is 14.7. The number of benzene rings is 1. The highest BCUT2D eigenvalue weighted by Gasteiger charge is 2.32. The quantitative estimate of drug-likeness (QED) is 0.613. The van der Waals surface area contributed by atoms with Crippen LogP contribution in [0.25, 0.3) is 0 Å². The van der Waals surface area contributed by atoms with E-state index in [0.717, 1.165) is 0 Å². The first-order valence-corrected chi connectivity index (χ1v) is 5.99. The Hall–Kier alpha value is -2.19. The molecule has 1 fully saturated rings. The van der Waals surface area contributed by atoms with Gasteiger partial charge in [0.05, 0.1) is 36.9 Å². The number of hydrogen-bond acceptors (Lipinski definition) is 6. The number of hydrogen-bond donors (Lipinski definition) is 2. The number of amides is 1. The van der Waals surface area contributed by atoms with Crippen molar-refractivity contribution in [1.82, 2.24) is 0 Å². The Morgan fingerprint density at radius 3 is 2.85 bits per heavy atom. The topological polar surface area (TPSA) is 117 Å². The average molecular weight is 281 g/mol. The van der Waals surface area contributed by atoms with Gasteiger partial charge >= 0.3 is 0 Å². The molecule has 20 heavy (non-hydrogen) atoms. The molecule has 108 valence electrons. The zero-order valence-corrected chi connectivity index (χ0v) is 10.9. The number of nitro groups is 1. The maximum atomic E-state index is 12.1. The summed E-state index contributed by atoms with van der Waals surface area (Å²) in [5.41, 5.74) is 5.87. The van der Waals surface area contributed by atoms with Crippen molar-refractivity contribution in [2.24, 2.45) is 11.7 Å². The van der Waals surface area contributed by atoms with Crippen LogP contribution in [0.4, 0.5) is 11.4 Å². The Bertz CT molecular complexity index is 534. The molecule has 0 spiro atoms. The van der Waals surface area contributed by atoms with Crippen molar-refractivity contribution in [1.29, 1.82) is 0 Å². The third kappa shape index (κ3) is 2.86. The van der Waals surface area contributed by atoms with Crippen molar-refractivity contribution < 1.29 is 19.2 Å². The van der Waals surface area contributed by atoms with E-state index in [0.29, 0.717) is 12.4 Å². The summed E-state index contributed by atoms with van der Waals surface area (Å²) < 4.78 is 10.2. The molecule has 2 unspecified atom stereocenters. The van der Waals surface area contributed by atoms with Crippen LogP contribution in [0.3, 0.4) is 0 Å². The molecule has 1 heterocycles. The highest BCUT2D eigenvalue weighted by atomic mass is 16.6. The van der Waals surface area contributed by atoms with Gasteiger partial charge in [-0.25, -0.2) is 0 Å². The van der Waals surface area contributed by atoms with Gasteiger partial charge in [-0.05, 0) is 6.07 Å². The van der Waals surface area contributed by atoms with Crippen LogP contribution >= 0.6 is 0 Å². The van der Waals surface area contributed by atoms with Crippen LogP contribution in [0.5, 0.6) is 5.75 Å². The van der Waals surface area contributed by atoms with Gasteiger partial charge in [-0.3, -0.25) is 14.9 Å². The lowest BCUT2D eigenvalue weighted by atomic mass is 10.0. The Labute approximate surface area is 115 Å². The van der Waals surface area contributed by atoms with Crippen molar-refractivity contribution in [3.8, 4) is 5.75 Å². The number of non-ortho nitro benzene ring substituents is 1. The van der Waals surface area contributed by atoms with Crippen LogP contribution < -0.4 is 15.8 Å². The second-order valence-electron chi connectivity index (χ2n) is 4.44. The fraction of sp³-hybridized carbons (Fsp3) is 0.417. The van der Waals surface area contributed by atoms with Crippen molar-refractivity contribution in [3.05, 3.63) is 28.3 Å². The fourth-order valence-corrected chi connectivity index (χ4v) is 1.97. The van der Waals surface area contributed by atoms with Gasteiger partial charge in [-0.2, -0.15) is 0 Å². The summed E-state index contributed by atoms with van der Waals surface area (Å²) in [5, 5.41) is 13.4. The summed E-state index contributed by atoms with van der Waals surface area (Å²) in [5.74, 6) is -0.468.